The molecule has 0 saturated carbocycles. The number of aliphatic imine (C=N–C) groups is 1. The highest BCUT2D eigenvalue weighted by Crippen LogP contribution is 2.39. The summed E-state index contributed by atoms with van der Waals surface area (Å²) in [5, 5.41) is 10.0. The number of likely N-dealkylation sites (tertiary alicyclic amines) is 1. The zero-order valence-electron chi connectivity index (χ0n) is 36.3. The Morgan fingerprint density at radius 1 is 0.922 bits per heavy atom. The molecule has 64 heavy (non-hydrogen) atoms. The number of aromatic nitrogens is 3. The lowest BCUT2D eigenvalue weighted by atomic mass is 9.89. The van der Waals surface area contributed by atoms with E-state index in [1.807, 2.05) is 23.8 Å². The lowest BCUT2D eigenvalue weighted by molar-refractivity contribution is -0.138. The first-order chi connectivity index (χ1) is 30.9. The standard InChI is InChI=1S/C47H52F2N10O5/c1-26-5-4-14-64-46-35(20-50-55(46)3)39-17-30(15-27(2)51-39)43(61)54-47-52-38-10-6-28(16-40(38)59(47)21-26)22-58-31-7-8-32(58)25-57(24-31)45(63)29-12-13-56(23-29)33-18-36(48)42(37(49)19-33)34-9-11-41(60)53-44(34)62/h6,10,15-20,26,29,31-32,34H,4-5,7-9,11-14,21-25H2,1-3H3,(H,52,54,61)(H,53,60,62)/t26-,29-,31?,32?,34-/m1/s1. The lowest BCUT2D eigenvalue weighted by Gasteiger charge is -2.42. The number of rotatable bonds is 5. The van der Waals surface area contributed by atoms with Crippen LogP contribution in [-0.2, 0) is 28.0 Å². The molecule has 0 aliphatic carbocycles. The molecule has 17 heteroatoms. The van der Waals surface area contributed by atoms with Crippen LogP contribution < -0.4 is 25.2 Å². The number of hydrogen-bond acceptors (Lipinski definition) is 11. The van der Waals surface area contributed by atoms with Gasteiger partial charge in [0.25, 0.3) is 5.91 Å². The van der Waals surface area contributed by atoms with Crippen molar-refractivity contribution in [3.63, 3.8) is 0 Å². The van der Waals surface area contributed by atoms with E-state index in [4.69, 9.17) is 9.72 Å². The number of ether oxygens (including phenoxy) is 1. The summed E-state index contributed by atoms with van der Waals surface area (Å²) >= 11 is 0. The van der Waals surface area contributed by atoms with E-state index < -0.39 is 29.4 Å². The monoisotopic (exact) mass is 874 g/mol. The quantitative estimate of drug-likeness (QED) is 0.243. The molecule has 10 rings (SSSR count). The van der Waals surface area contributed by atoms with Crippen LogP contribution in [0.15, 0.2) is 53.7 Å². The minimum Gasteiger partial charge on any atom is -0.477 e. The predicted octanol–water partition coefficient (Wildman–Crippen LogP) is 5.53. The van der Waals surface area contributed by atoms with Crippen LogP contribution in [0.25, 0.3) is 11.3 Å². The van der Waals surface area contributed by atoms with E-state index in [-0.39, 0.29) is 54.1 Å². The van der Waals surface area contributed by atoms with Crippen molar-refractivity contribution in [1.82, 2.24) is 29.9 Å². The summed E-state index contributed by atoms with van der Waals surface area (Å²) in [5.74, 6) is -3.10. The summed E-state index contributed by atoms with van der Waals surface area (Å²) in [6.45, 7) is 8.01. The van der Waals surface area contributed by atoms with Crippen LogP contribution in [0.5, 0.6) is 5.88 Å². The Hall–Kier alpha value is -6.23. The van der Waals surface area contributed by atoms with Crippen LogP contribution in [-0.4, -0.2) is 106 Å². The molecule has 334 valence electrons. The molecule has 0 spiro atoms. The molecule has 0 radical (unpaired) electrons. The highest BCUT2D eigenvalue weighted by Gasteiger charge is 2.44. The summed E-state index contributed by atoms with van der Waals surface area (Å²) in [7, 11) is 1.83. The molecule has 5 atom stereocenters. The Labute approximate surface area is 369 Å². The van der Waals surface area contributed by atoms with Gasteiger partial charge >= 0.3 is 0 Å². The third-order valence-corrected chi connectivity index (χ3v) is 13.9. The zero-order chi connectivity index (χ0) is 44.4. The normalized spacial score (nSPS) is 25.6. The molecule has 2 aromatic heterocycles. The number of piperazine rings is 1. The fraction of sp³-hybridized carbons (Fsp3) is 0.468. The number of piperidine rings is 1. The highest BCUT2D eigenvalue weighted by molar-refractivity contribution is 6.19. The molecule has 4 aromatic rings. The van der Waals surface area contributed by atoms with E-state index in [0.29, 0.717) is 86.8 Å². The molecule has 6 aliphatic rings. The van der Waals surface area contributed by atoms with Crippen LogP contribution in [0.3, 0.4) is 0 Å². The van der Waals surface area contributed by atoms with E-state index in [0.717, 1.165) is 48.2 Å². The van der Waals surface area contributed by atoms with E-state index in [1.165, 1.54) is 12.1 Å². The number of imide groups is 1. The first kappa shape index (κ1) is 41.8. The van der Waals surface area contributed by atoms with Crippen LogP contribution in [0, 0.1) is 30.4 Å². The topological polar surface area (TPSA) is 158 Å². The van der Waals surface area contributed by atoms with Gasteiger partial charge in [0, 0.05) is 87.3 Å². The summed E-state index contributed by atoms with van der Waals surface area (Å²) in [6, 6.07) is 12.8. The summed E-state index contributed by atoms with van der Waals surface area (Å²) in [5.41, 5.74) is 5.45. The number of nitrogens with one attached hydrogen (secondary N) is 2. The van der Waals surface area contributed by atoms with Crippen molar-refractivity contribution in [2.24, 2.45) is 23.9 Å². The molecule has 4 bridgehead atoms. The number of hydrogen-bond donors (Lipinski definition) is 2. The first-order valence-electron chi connectivity index (χ1n) is 22.4. The van der Waals surface area contributed by atoms with Crippen molar-refractivity contribution >= 4 is 46.7 Å². The number of anilines is 3. The fourth-order valence-corrected chi connectivity index (χ4v) is 10.6. The third kappa shape index (κ3) is 7.87. The number of carbonyl (C=O) groups is 4. The third-order valence-electron chi connectivity index (χ3n) is 13.9. The van der Waals surface area contributed by atoms with E-state index in [2.05, 4.69) is 55.6 Å². The summed E-state index contributed by atoms with van der Waals surface area (Å²) < 4.78 is 38.7. The van der Waals surface area contributed by atoms with Crippen LogP contribution >= 0.6 is 0 Å². The second kappa shape index (κ2) is 16.7. The van der Waals surface area contributed by atoms with Gasteiger partial charge in [0.05, 0.1) is 47.3 Å². The van der Waals surface area contributed by atoms with Gasteiger partial charge < -0.3 is 24.8 Å². The maximum atomic E-state index is 15.4. The molecule has 2 N–H and O–H groups in total. The maximum absolute atomic E-state index is 15.4. The van der Waals surface area contributed by atoms with Crippen LogP contribution in [0.4, 0.5) is 25.8 Å². The Bertz CT molecular complexity index is 2560. The van der Waals surface area contributed by atoms with Gasteiger partial charge in [-0.2, -0.15) is 10.1 Å². The minimum atomic E-state index is -1.06. The fourth-order valence-electron chi connectivity index (χ4n) is 10.6. The molecule has 8 heterocycles. The number of halogens is 2. The maximum Gasteiger partial charge on any atom is 0.280 e. The first-order valence-corrected chi connectivity index (χ1v) is 22.4. The largest absolute Gasteiger partial charge is 0.477 e. The van der Waals surface area contributed by atoms with Crippen molar-refractivity contribution in [3.05, 3.63) is 82.7 Å². The summed E-state index contributed by atoms with van der Waals surface area (Å²) in [6.07, 6.45) is 6.06. The number of pyridine rings is 1. The van der Waals surface area contributed by atoms with Crippen molar-refractivity contribution in [2.45, 2.75) is 83.3 Å². The lowest BCUT2D eigenvalue weighted by Crippen LogP contribution is -2.56. The zero-order valence-corrected chi connectivity index (χ0v) is 36.3. The van der Waals surface area contributed by atoms with E-state index in [1.54, 1.807) is 23.0 Å². The Balaban J connectivity index is 0.815. The van der Waals surface area contributed by atoms with Crippen LogP contribution in [0.1, 0.15) is 85.0 Å². The number of amides is 4. The molecule has 4 saturated heterocycles. The summed E-state index contributed by atoms with van der Waals surface area (Å²) in [4.78, 5) is 69.8. The van der Waals surface area contributed by atoms with Gasteiger partial charge in [-0.15, -0.1) is 0 Å². The van der Waals surface area contributed by atoms with Gasteiger partial charge in [0.1, 0.15) is 11.6 Å². The smallest absolute Gasteiger partial charge is 0.280 e. The van der Waals surface area contributed by atoms with Gasteiger partial charge in [0.2, 0.25) is 29.6 Å². The van der Waals surface area contributed by atoms with Gasteiger partial charge in [0.15, 0.2) is 0 Å². The van der Waals surface area contributed by atoms with Gasteiger partial charge in [-0.1, -0.05) is 13.0 Å². The predicted molar refractivity (Wildman–Crippen MR) is 235 cm³/mol. The average molecular weight is 875 g/mol. The number of aryl methyl sites for hydroxylation is 2. The molecule has 4 amide bonds. The average Bonchev–Trinajstić information content (AvgIpc) is 4.03. The second-order valence-corrected chi connectivity index (χ2v) is 18.4. The van der Waals surface area contributed by atoms with Crippen LogP contribution in [0.2, 0.25) is 0 Å². The number of nitrogens with zero attached hydrogens (tertiary/aromatic N) is 8. The second-order valence-electron chi connectivity index (χ2n) is 18.4. The molecule has 2 unspecified atom stereocenters. The molecular weight excluding hydrogens is 823 g/mol. The molecule has 15 nitrogen and oxygen atoms in total. The van der Waals surface area contributed by atoms with Gasteiger partial charge in [-0.3, -0.25) is 34.4 Å². The van der Waals surface area contributed by atoms with Crippen molar-refractivity contribution in [3.8, 4) is 17.1 Å². The Kier molecular flexibility index (Phi) is 10.9. The van der Waals surface area contributed by atoms with E-state index >= 15 is 8.78 Å². The minimum absolute atomic E-state index is 0.0229. The molecular formula is C47H52F2N10O5. The SMILES string of the molecule is Cc1cc2cc(n1)-c1cnn(C)c1OCCC[C@@H](C)CN1/C(=N/C2=O)Nc2ccc(CN3C4CCC3CN(C(=O)[C@@H]3CCN(c5cc(F)c([C@H]6CCC(=O)NC6=O)c(F)c5)C3)C4)cc21. The van der Waals surface area contributed by atoms with Crippen molar-refractivity contribution in [1.29, 1.82) is 0 Å². The Morgan fingerprint density at radius 2 is 1.70 bits per heavy atom. The van der Waals surface area contributed by atoms with Gasteiger partial charge in [-0.05, 0) is 93.3 Å². The number of carbonyl (C=O) groups excluding carboxylic acids is 4. The number of guanidine groups is 1. The Morgan fingerprint density at radius 3 is 2.47 bits per heavy atom. The molecule has 4 fully saturated rings. The van der Waals surface area contributed by atoms with Gasteiger partial charge in [-0.25, -0.2) is 13.5 Å². The molecule has 6 aliphatic heterocycles. The highest BCUT2D eigenvalue weighted by atomic mass is 19.1. The molecule has 2 aromatic carbocycles. The number of benzene rings is 2. The number of fused-ring (bicyclic) bond motifs is 9. The van der Waals surface area contributed by atoms with Crippen molar-refractivity contribution < 1.29 is 32.7 Å². The van der Waals surface area contributed by atoms with E-state index in [9.17, 15) is 19.2 Å². The van der Waals surface area contributed by atoms with Crippen molar-refractivity contribution in [2.75, 3.05) is 54.4 Å².